The van der Waals surface area contributed by atoms with Gasteiger partial charge in [-0.1, -0.05) is 12.1 Å². The van der Waals surface area contributed by atoms with E-state index in [1.165, 1.54) is 12.1 Å². The summed E-state index contributed by atoms with van der Waals surface area (Å²) in [6.07, 6.45) is 6.31. The van der Waals surface area contributed by atoms with Crippen LogP contribution in [0.1, 0.15) is 24.4 Å². The van der Waals surface area contributed by atoms with Gasteiger partial charge in [0.1, 0.15) is 5.82 Å². The first kappa shape index (κ1) is 21.3. The number of anilines is 1. The molecule has 176 valence electrons. The fourth-order valence-electron chi connectivity index (χ4n) is 4.55. The minimum Gasteiger partial charge on any atom is -0.366 e. The van der Waals surface area contributed by atoms with Crippen molar-refractivity contribution in [3.8, 4) is 22.6 Å². The van der Waals surface area contributed by atoms with E-state index >= 15 is 0 Å². The zero-order chi connectivity index (χ0) is 24.2. The number of hydrogen-bond donors (Lipinski definition) is 1. The molecular weight excluding hydrogens is 457 g/mol. The summed E-state index contributed by atoms with van der Waals surface area (Å²) in [6, 6.07) is 10.8. The Balaban J connectivity index is 1.33. The highest BCUT2D eigenvalue weighted by atomic mass is 19.3. The molecule has 0 aliphatic heterocycles. The third-order valence-corrected chi connectivity index (χ3v) is 6.23. The Labute approximate surface area is 197 Å². The molecule has 35 heavy (non-hydrogen) atoms. The number of fused-ring (bicyclic) bond motifs is 1. The molecule has 4 heterocycles. The van der Waals surface area contributed by atoms with Crippen LogP contribution < -0.4 is 5.73 Å². The number of benzene rings is 1. The summed E-state index contributed by atoms with van der Waals surface area (Å²) in [5.74, 6) is -2.73. The average molecular weight is 476 g/mol. The molecule has 1 aliphatic carbocycles. The number of halogens is 3. The van der Waals surface area contributed by atoms with Crippen LogP contribution in [0.5, 0.6) is 0 Å². The topological polar surface area (TPSA) is 99.8 Å². The highest BCUT2D eigenvalue weighted by Crippen LogP contribution is 2.49. The highest BCUT2D eigenvalue weighted by molar-refractivity contribution is 5.65. The van der Waals surface area contributed by atoms with Crippen molar-refractivity contribution in [2.24, 2.45) is 5.92 Å². The standard InChI is InChI=1S/C24H19F3N8/c25-18-3-1-14(2-4-18)21(16-10-24(26,27)11-16)35-13-17(12-30-35)19-5-7-29-22(31-19)15-6-8-34-20(9-15)32-23(28)33-34/h1-9,12-13,16,21H,10-11H2,(H2,28,33). The van der Waals surface area contributed by atoms with Crippen molar-refractivity contribution in [3.05, 3.63) is 78.6 Å². The Kier molecular flexibility index (Phi) is 4.80. The molecule has 1 atom stereocenters. The van der Waals surface area contributed by atoms with E-state index in [1.807, 2.05) is 6.07 Å². The second-order valence-corrected chi connectivity index (χ2v) is 8.68. The van der Waals surface area contributed by atoms with Crippen LogP contribution in [0, 0.1) is 11.7 Å². The van der Waals surface area contributed by atoms with Gasteiger partial charge in [0.05, 0.1) is 17.9 Å². The Morgan fingerprint density at radius 2 is 1.83 bits per heavy atom. The molecule has 0 radical (unpaired) electrons. The monoisotopic (exact) mass is 476 g/mol. The predicted octanol–water partition coefficient (Wildman–Crippen LogP) is 4.41. The Morgan fingerprint density at radius 3 is 2.60 bits per heavy atom. The second kappa shape index (κ2) is 7.90. The maximum absolute atomic E-state index is 13.7. The molecule has 1 fully saturated rings. The fraction of sp³-hybridized carbons (Fsp3) is 0.208. The largest absolute Gasteiger partial charge is 0.366 e. The molecule has 1 aromatic carbocycles. The van der Waals surface area contributed by atoms with Crippen molar-refractivity contribution < 1.29 is 13.2 Å². The number of alkyl halides is 2. The third-order valence-electron chi connectivity index (χ3n) is 6.23. The Hall–Kier alpha value is -4.28. The van der Waals surface area contributed by atoms with Gasteiger partial charge in [-0.15, -0.1) is 5.10 Å². The number of pyridine rings is 1. The number of aromatic nitrogens is 7. The summed E-state index contributed by atoms with van der Waals surface area (Å²) in [5.41, 5.74) is 9.03. The van der Waals surface area contributed by atoms with Gasteiger partial charge in [-0.2, -0.15) is 10.1 Å². The summed E-state index contributed by atoms with van der Waals surface area (Å²) < 4.78 is 44.1. The van der Waals surface area contributed by atoms with Gasteiger partial charge in [0.15, 0.2) is 11.5 Å². The highest BCUT2D eigenvalue weighted by Gasteiger charge is 2.49. The van der Waals surface area contributed by atoms with Crippen LogP contribution >= 0.6 is 0 Å². The van der Waals surface area contributed by atoms with Crippen LogP contribution in [-0.2, 0) is 0 Å². The van der Waals surface area contributed by atoms with Gasteiger partial charge in [-0.3, -0.25) is 4.68 Å². The normalized spacial score (nSPS) is 16.3. The lowest BCUT2D eigenvalue weighted by atomic mass is 9.74. The van der Waals surface area contributed by atoms with Crippen LogP contribution in [0.2, 0.25) is 0 Å². The molecule has 1 aliphatic rings. The lowest BCUT2D eigenvalue weighted by Crippen LogP contribution is -2.41. The van der Waals surface area contributed by atoms with Crippen LogP contribution in [-0.4, -0.2) is 40.3 Å². The second-order valence-electron chi connectivity index (χ2n) is 8.68. The van der Waals surface area contributed by atoms with Crippen molar-refractivity contribution in [3.63, 3.8) is 0 Å². The van der Waals surface area contributed by atoms with Crippen molar-refractivity contribution in [2.45, 2.75) is 24.8 Å². The van der Waals surface area contributed by atoms with E-state index in [0.29, 0.717) is 22.7 Å². The van der Waals surface area contributed by atoms with E-state index in [4.69, 9.17) is 5.73 Å². The molecule has 1 unspecified atom stereocenters. The molecule has 8 nitrogen and oxygen atoms in total. The maximum atomic E-state index is 13.7. The van der Waals surface area contributed by atoms with E-state index in [1.54, 1.807) is 58.3 Å². The maximum Gasteiger partial charge on any atom is 0.248 e. The van der Waals surface area contributed by atoms with Crippen molar-refractivity contribution in [2.75, 3.05) is 5.73 Å². The Bertz CT molecular complexity index is 1520. The lowest BCUT2D eigenvalue weighted by Gasteiger charge is -2.40. The van der Waals surface area contributed by atoms with Crippen molar-refractivity contribution in [1.82, 2.24) is 34.3 Å². The van der Waals surface area contributed by atoms with E-state index in [2.05, 4.69) is 25.1 Å². The molecule has 0 amide bonds. The minimum atomic E-state index is -2.68. The van der Waals surface area contributed by atoms with Gasteiger partial charge >= 0.3 is 0 Å². The molecular formula is C24H19F3N8. The number of nitrogens with two attached hydrogens (primary N) is 1. The van der Waals surface area contributed by atoms with Gasteiger partial charge in [0.2, 0.25) is 11.9 Å². The first-order valence-corrected chi connectivity index (χ1v) is 11.0. The van der Waals surface area contributed by atoms with Crippen LogP contribution in [0.4, 0.5) is 19.1 Å². The van der Waals surface area contributed by atoms with Crippen molar-refractivity contribution >= 4 is 11.6 Å². The molecule has 6 rings (SSSR count). The molecule has 2 N–H and O–H groups in total. The van der Waals surface area contributed by atoms with E-state index in [-0.39, 0.29) is 30.5 Å². The zero-order valence-electron chi connectivity index (χ0n) is 18.3. The number of hydrogen-bond acceptors (Lipinski definition) is 6. The van der Waals surface area contributed by atoms with Gasteiger partial charge in [0, 0.05) is 42.6 Å². The minimum absolute atomic E-state index is 0.171. The van der Waals surface area contributed by atoms with Crippen molar-refractivity contribution in [1.29, 1.82) is 0 Å². The van der Waals surface area contributed by atoms with E-state index in [0.717, 1.165) is 11.1 Å². The molecule has 0 spiro atoms. The third kappa shape index (κ3) is 3.98. The summed E-state index contributed by atoms with van der Waals surface area (Å²) in [5, 5.41) is 8.53. The summed E-state index contributed by atoms with van der Waals surface area (Å²) in [6.45, 7) is 0. The number of nitrogens with zero attached hydrogens (tertiary/aromatic N) is 7. The van der Waals surface area contributed by atoms with E-state index in [9.17, 15) is 13.2 Å². The molecule has 0 saturated heterocycles. The summed E-state index contributed by atoms with van der Waals surface area (Å²) in [4.78, 5) is 13.2. The number of nitrogen functional groups attached to an aromatic ring is 1. The van der Waals surface area contributed by atoms with Gasteiger partial charge in [-0.05, 0) is 41.8 Å². The first-order chi connectivity index (χ1) is 16.8. The smallest absolute Gasteiger partial charge is 0.248 e. The predicted molar refractivity (Wildman–Crippen MR) is 122 cm³/mol. The van der Waals surface area contributed by atoms with E-state index < -0.39 is 12.0 Å². The summed E-state index contributed by atoms with van der Waals surface area (Å²) in [7, 11) is 0. The molecule has 1 saturated carbocycles. The van der Waals surface area contributed by atoms with Gasteiger partial charge in [0.25, 0.3) is 0 Å². The van der Waals surface area contributed by atoms with Gasteiger partial charge < -0.3 is 5.73 Å². The van der Waals surface area contributed by atoms with Crippen LogP contribution in [0.3, 0.4) is 0 Å². The van der Waals surface area contributed by atoms with Crippen LogP contribution in [0.25, 0.3) is 28.3 Å². The molecule has 0 bridgehead atoms. The Morgan fingerprint density at radius 1 is 1.03 bits per heavy atom. The summed E-state index contributed by atoms with van der Waals surface area (Å²) >= 11 is 0. The SMILES string of the molecule is Nc1nc2cc(-c3nccc(-c4cnn(C(c5ccc(F)cc5)C5CC(F)(F)C5)c4)n3)ccn2n1. The lowest BCUT2D eigenvalue weighted by molar-refractivity contribution is -0.120. The first-order valence-electron chi connectivity index (χ1n) is 11.0. The molecule has 4 aromatic heterocycles. The molecule has 5 aromatic rings. The average Bonchev–Trinajstić information content (AvgIpc) is 3.45. The molecule has 11 heteroatoms. The quantitative estimate of drug-likeness (QED) is 0.404. The van der Waals surface area contributed by atoms with Gasteiger partial charge in [-0.25, -0.2) is 27.7 Å². The fourth-order valence-corrected chi connectivity index (χ4v) is 4.55. The van der Waals surface area contributed by atoms with Crippen LogP contribution in [0.15, 0.2) is 67.3 Å². The zero-order valence-corrected chi connectivity index (χ0v) is 18.3. The number of rotatable bonds is 5.